The molecule has 6 heterocycles. The summed E-state index contributed by atoms with van der Waals surface area (Å²) in [6, 6.07) is -3.71. The van der Waals surface area contributed by atoms with Gasteiger partial charge in [-0.15, -0.1) is 0 Å². The van der Waals surface area contributed by atoms with Gasteiger partial charge in [0.25, 0.3) is 0 Å². The van der Waals surface area contributed by atoms with Gasteiger partial charge in [0.15, 0.2) is 11.6 Å². The van der Waals surface area contributed by atoms with Crippen LogP contribution in [-0.4, -0.2) is 115 Å². The molecule has 0 radical (unpaired) electrons. The second-order valence-electron chi connectivity index (χ2n) is 12.3. The van der Waals surface area contributed by atoms with Crippen LogP contribution < -0.4 is 19.6 Å². The lowest BCUT2D eigenvalue weighted by atomic mass is 10.1. The highest BCUT2D eigenvalue weighted by molar-refractivity contribution is 6.05. The first-order chi connectivity index (χ1) is 25.9. The molecule has 2 amide bonds. The van der Waals surface area contributed by atoms with Gasteiger partial charge in [-0.2, -0.15) is 62.7 Å². The van der Waals surface area contributed by atoms with Crippen LogP contribution in [0.2, 0.25) is 0 Å². The minimum absolute atomic E-state index is 0.00164. The Kier molecular flexibility index (Phi) is 11.4. The van der Waals surface area contributed by atoms with Gasteiger partial charge in [-0.25, -0.2) is 19.9 Å². The van der Waals surface area contributed by atoms with Gasteiger partial charge in [0, 0.05) is 52.0 Å². The molecule has 0 bridgehead atoms. The third-order valence-corrected chi connectivity index (χ3v) is 8.32. The van der Waals surface area contributed by atoms with Crippen LogP contribution in [0.3, 0.4) is 0 Å². The topological polar surface area (TPSA) is 134 Å². The van der Waals surface area contributed by atoms with Crippen molar-refractivity contribution in [1.29, 1.82) is 0 Å². The zero-order valence-electron chi connectivity index (χ0n) is 28.7. The summed E-state index contributed by atoms with van der Waals surface area (Å²) in [4.78, 5) is 52.1. The van der Waals surface area contributed by atoms with Crippen LogP contribution >= 0.6 is 0 Å². The summed E-state index contributed by atoms with van der Waals surface area (Å²) in [5, 5.41) is 0. The van der Waals surface area contributed by atoms with Gasteiger partial charge in [-0.1, -0.05) is 0 Å². The van der Waals surface area contributed by atoms with Gasteiger partial charge in [-0.05, 0) is 0 Å². The third-order valence-electron chi connectivity index (χ3n) is 8.32. The van der Waals surface area contributed by atoms with Crippen molar-refractivity contribution in [3.05, 3.63) is 49.8 Å². The predicted octanol–water partition coefficient (Wildman–Crippen LogP) is 5.44. The SMILES string of the molecule is CN1C(=O)[C@@H](CC(F)(F)F)N(CCC(F)(F)F)c2nc(-n3ccnc3)ncc21.CN1C(=O)[C@H](CC(F)(F)F)N(CCC(F)(F)F)c2nc(-n3ccnc3)ncc21. The Bertz CT molecular complexity index is 1840. The summed E-state index contributed by atoms with van der Waals surface area (Å²) in [5.74, 6) is -2.32. The van der Waals surface area contributed by atoms with Crippen LogP contribution in [0.1, 0.15) is 25.7 Å². The summed E-state index contributed by atoms with van der Waals surface area (Å²) in [6.45, 7) is -1.70. The fourth-order valence-electron chi connectivity index (χ4n) is 5.71. The van der Waals surface area contributed by atoms with Crippen LogP contribution in [0.5, 0.6) is 0 Å². The van der Waals surface area contributed by atoms with Crippen molar-refractivity contribution in [3.8, 4) is 11.9 Å². The Balaban J connectivity index is 0.000000214. The zero-order chi connectivity index (χ0) is 41.4. The van der Waals surface area contributed by atoms with E-state index in [0.717, 1.165) is 19.6 Å². The van der Waals surface area contributed by atoms with Crippen molar-refractivity contribution in [2.45, 2.75) is 62.5 Å². The summed E-state index contributed by atoms with van der Waals surface area (Å²) < 4.78 is 157. The molecule has 0 N–H and O–H groups in total. The molecule has 14 nitrogen and oxygen atoms in total. The number of halogens is 12. The Morgan fingerprint density at radius 3 is 1.21 bits per heavy atom. The van der Waals surface area contributed by atoms with Gasteiger partial charge in [0.05, 0.1) is 38.1 Å². The first-order valence-electron chi connectivity index (χ1n) is 16.0. The zero-order valence-corrected chi connectivity index (χ0v) is 28.7. The number of carbonyl (C=O) groups excluding carboxylic acids is 2. The number of imidazole rings is 2. The van der Waals surface area contributed by atoms with Crippen molar-refractivity contribution >= 4 is 34.8 Å². The largest absolute Gasteiger partial charge is 0.391 e. The normalized spacial score (nSPS) is 17.8. The van der Waals surface area contributed by atoms with E-state index in [1.807, 2.05) is 0 Å². The van der Waals surface area contributed by atoms with E-state index in [9.17, 15) is 62.3 Å². The number of hydrogen-bond acceptors (Lipinski definition) is 10. The van der Waals surface area contributed by atoms with Crippen LogP contribution in [-0.2, 0) is 9.59 Å². The molecule has 0 aromatic carbocycles. The van der Waals surface area contributed by atoms with E-state index in [0.29, 0.717) is 0 Å². The van der Waals surface area contributed by atoms with Gasteiger partial charge < -0.3 is 19.6 Å². The van der Waals surface area contributed by atoms with E-state index in [-0.39, 0.29) is 34.9 Å². The van der Waals surface area contributed by atoms with Crippen LogP contribution in [0.15, 0.2) is 49.8 Å². The molecule has 56 heavy (non-hydrogen) atoms. The lowest BCUT2D eigenvalue weighted by molar-refractivity contribution is -0.148. The molecule has 0 saturated heterocycles. The van der Waals surface area contributed by atoms with Crippen molar-refractivity contribution in [1.82, 2.24) is 39.0 Å². The summed E-state index contributed by atoms with van der Waals surface area (Å²) >= 11 is 0. The number of anilines is 4. The predicted molar refractivity (Wildman–Crippen MR) is 170 cm³/mol. The fourth-order valence-corrected chi connectivity index (χ4v) is 5.71. The number of hydrogen-bond donors (Lipinski definition) is 0. The second-order valence-corrected chi connectivity index (χ2v) is 12.3. The molecule has 0 saturated carbocycles. The van der Waals surface area contributed by atoms with Gasteiger partial charge in [0.1, 0.15) is 36.1 Å². The molecule has 26 heteroatoms. The third kappa shape index (κ3) is 9.92. The summed E-state index contributed by atoms with van der Waals surface area (Å²) in [5.41, 5.74) is 0.0453. The molecule has 2 atom stereocenters. The number of rotatable bonds is 8. The fraction of sp³-hybridized carbons (Fsp3) is 0.467. The number of carbonyl (C=O) groups is 2. The van der Waals surface area contributed by atoms with Crippen LogP contribution in [0, 0.1) is 0 Å². The molecule has 0 unspecified atom stereocenters. The standard InChI is InChI=1S/2C15H14F6N6O/c2*1-25-10-7-23-13(26-5-3-22-8-26)24-11(10)27(4-2-14(16,17)18)9(12(25)28)6-15(19,20)21/h2*3,5,7-9H,2,4,6H2,1H3/t2*9-/m10/s1. The lowest BCUT2D eigenvalue weighted by Crippen LogP contribution is -2.55. The maximum absolute atomic E-state index is 13.0. The number of likely N-dealkylation sites (N-methyl/N-ethyl adjacent to an activating group) is 2. The lowest BCUT2D eigenvalue weighted by Gasteiger charge is -2.41. The number of nitrogens with zero attached hydrogens (tertiary/aromatic N) is 12. The molecule has 4 aromatic rings. The van der Waals surface area contributed by atoms with Gasteiger partial charge >= 0.3 is 24.7 Å². The Hall–Kier alpha value is -5.72. The van der Waals surface area contributed by atoms with E-state index >= 15 is 0 Å². The van der Waals surface area contributed by atoms with Crippen molar-refractivity contribution in [2.75, 3.05) is 46.8 Å². The number of fused-ring (bicyclic) bond motifs is 2. The Labute approximate surface area is 307 Å². The Morgan fingerprint density at radius 2 is 0.929 bits per heavy atom. The highest BCUT2D eigenvalue weighted by Crippen LogP contribution is 2.40. The highest BCUT2D eigenvalue weighted by atomic mass is 19.4. The van der Waals surface area contributed by atoms with Crippen molar-refractivity contribution < 1.29 is 62.3 Å². The van der Waals surface area contributed by atoms with E-state index in [1.165, 1.54) is 73.1 Å². The number of aromatic nitrogens is 8. The van der Waals surface area contributed by atoms with E-state index in [4.69, 9.17) is 0 Å². The smallest absolute Gasteiger partial charge is 0.342 e. The molecule has 0 aliphatic carbocycles. The molecule has 304 valence electrons. The van der Waals surface area contributed by atoms with Crippen molar-refractivity contribution in [3.63, 3.8) is 0 Å². The summed E-state index contributed by atoms with van der Waals surface area (Å²) in [6.07, 6.45) is -14.0. The maximum Gasteiger partial charge on any atom is 0.391 e. The number of amides is 2. The quantitative estimate of drug-likeness (QED) is 0.212. The average molecular weight is 817 g/mol. The van der Waals surface area contributed by atoms with E-state index in [1.54, 1.807) is 0 Å². The molecule has 0 fully saturated rings. The second kappa shape index (κ2) is 15.4. The van der Waals surface area contributed by atoms with Crippen LogP contribution in [0.4, 0.5) is 75.7 Å². The highest BCUT2D eigenvalue weighted by Gasteiger charge is 2.47. The number of alkyl halides is 12. The molecular weight excluding hydrogens is 788 g/mol. The molecule has 2 aliphatic heterocycles. The van der Waals surface area contributed by atoms with E-state index in [2.05, 4.69) is 29.9 Å². The first kappa shape index (κ1) is 41.4. The average Bonchev–Trinajstić information content (AvgIpc) is 3.83. The van der Waals surface area contributed by atoms with Gasteiger partial charge in [0.2, 0.25) is 23.7 Å². The van der Waals surface area contributed by atoms with Crippen molar-refractivity contribution in [2.24, 2.45) is 0 Å². The van der Waals surface area contributed by atoms with E-state index < -0.39 is 87.4 Å². The summed E-state index contributed by atoms with van der Waals surface area (Å²) in [7, 11) is 2.46. The minimum Gasteiger partial charge on any atom is -0.342 e. The van der Waals surface area contributed by atoms with Gasteiger partial charge in [-0.3, -0.25) is 18.7 Å². The first-order valence-corrected chi connectivity index (χ1v) is 16.0. The molecule has 0 spiro atoms. The molecular formula is C30H28F12N12O2. The monoisotopic (exact) mass is 816 g/mol. The van der Waals surface area contributed by atoms with Crippen LogP contribution in [0.25, 0.3) is 11.9 Å². The molecule has 2 aliphatic rings. The molecule has 4 aromatic heterocycles. The maximum atomic E-state index is 13.0. The Morgan fingerprint density at radius 1 is 0.571 bits per heavy atom. The minimum atomic E-state index is -4.75. The molecule has 6 rings (SSSR count).